The molecule has 0 aliphatic heterocycles. The molecule has 0 aromatic heterocycles. The number of amides is 17. The van der Waals surface area contributed by atoms with Gasteiger partial charge in [-0.05, 0) is 273 Å². The van der Waals surface area contributed by atoms with E-state index in [0.29, 0.717) is 109 Å². The molecule has 812 valence electrons. The van der Waals surface area contributed by atoms with Gasteiger partial charge in [0, 0.05) is 19.4 Å². The molecule has 44 nitrogen and oxygen atoms in total. The van der Waals surface area contributed by atoms with Crippen molar-refractivity contribution in [3.05, 3.63) is 0 Å². The molecule has 15 atom stereocenters. The Bertz CT molecular complexity index is 3770. The SMILES string of the molecule is CC(C)C[C@H](NC(=O)[C@H](CCCCN)NC(=O)[C@H](CC(C)C)NC(=O)[C@H](CC(C)C)NC(=O)[C@H](CCCCN)NC(=O)[C@H](CCCCN)NC(=O)[C@H](CC(C)C)NC(=O)[C@H](CC(C)C)NC(=O)[C@H](CCC(=O)O)NC(=O)[C@H](CC(C)C)NC(=O)[C@H](CC(C)C)NC(=O)[C@H](CCCCN)NC(=O)[C@H](CCCCN)NC(=O)[C@@H](N)CC(C)C)C(=O)N[C@@H](CCCCN)C(=O)NCC(=O)NCCCCCC(=O)NN. The number of nitrogens with one attached hydrogen (secondary N) is 17. The van der Waals surface area contributed by atoms with Crippen molar-refractivity contribution in [2.45, 2.75) is 407 Å². The first kappa shape index (κ1) is 131. The third kappa shape index (κ3) is 59.7. The molecule has 17 amide bonds. The fraction of sp³-hybridized carbons (Fsp3) is 0.814. The molecule has 0 radical (unpaired) electrons. The summed E-state index contributed by atoms with van der Waals surface area (Å²) in [7, 11) is 0. The molecule has 0 bridgehead atoms. The lowest BCUT2D eigenvalue weighted by Gasteiger charge is -2.30. The van der Waals surface area contributed by atoms with Crippen molar-refractivity contribution in [1.29, 1.82) is 0 Å². The van der Waals surface area contributed by atoms with E-state index >= 15 is 0 Å². The van der Waals surface area contributed by atoms with Gasteiger partial charge in [-0.1, -0.05) is 117 Å². The highest BCUT2D eigenvalue weighted by molar-refractivity contribution is 6.01. The molecule has 141 heavy (non-hydrogen) atoms. The smallest absolute Gasteiger partial charge is 0.303 e. The minimum Gasteiger partial charge on any atom is -0.481 e. The maximum Gasteiger partial charge on any atom is 0.303 e. The van der Waals surface area contributed by atoms with Gasteiger partial charge in [-0.3, -0.25) is 91.7 Å². The molecule has 0 aromatic carbocycles. The number of hydrazine groups is 1. The average Bonchev–Trinajstić information content (AvgIpc) is 0.850. The Morgan fingerprint density at radius 3 is 0.617 bits per heavy atom. The Morgan fingerprint density at radius 2 is 0.411 bits per heavy atom. The molecule has 0 unspecified atom stereocenters. The van der Waals surface area contributed by atoms with E-state index in [1.54, 1.807) is 69.2 Å². The topological polar surface area (TPSA) is 740 Å². The number of aliphatic carboxylic acids is 1. The molecule has 0 aromatic rings. The molecule has 0 heterocycles. The van der Waals surface area contributed by atoms with Crippen LogP contribution in [-0.4, -0.2) is 254 Å². The number of carbonyl (C=O) groups is 18. The fourth-order valence-electron chi connectivity index (χ4n) is 15.7. The summed E-state index contributed by atoms with van der Waals surface area (Å²) < 4.78 is 0. The zero-order valence-corrected chi connectivity index (χ0v) is 87.5. The normalized spacial score (nSPS) is 14.7. The monoisotopic (exact) mass is 2000 g/mol. The van der Waals surface area contributed by atoms with E-state index in [9.17, 15) is 91.4 Å². The minimum atomic E-state index is -1.65. The lowest BCUT2D eigenvalue weighted by molar-refractivity contribution is -0.139. The van der Waals surface area contributed by atoms with E-state index in [4.69, 9.17) is 46.0 Å². The van der Waals surface area contributed by atoms with Crippen molar-refractivity contribution < 1.29 is 91.4 Å². The molecule has 34 N–H and O–H groups in total. The van der Waals surface area contributed by atoms with Crippen molar-refractivity contribution in [2.75, 3.05) is 52.4 Å². The zero-order chi connectivity index (χ0) is 107. The number of carboxylic acids is 1. The highest BCUT2D eigenvalue weighted by atomic mass is 16.4. The molecular formula is C97H185N25O19. The summed E-state index contributed by atoms with van der Waals surface area (Å²) >= 11 is 0. The van der Waals surface area contributed by atoms with Crippen LogP contribution in [-0.2, 0) is 86.3 Å². The summed E-state index contributed by atoms with van der Waals surface area (Å²) in [5.74, 6) is -10.5. The molecule has 0 spiro atoms. The van der Waals surface area contributed by atoms with Gasteiger partial charge in [-0.25, -0.2) is 5.84 Å². The molecule has 0 saturated heterocycles. The summed E-state index contributed by atoms with van der Waals surface area (Å²) in [5, 5.41) is 54.1. The number of carbonyl (C=O) groups excluding carboxylic acids is 17. The standard InChI is InChI=1S/C97H185N25O19/c1-57(2)48-65(104)83(127)108-67(33-20-26-42-99)85(129)110-69(35-22-28-44-101)87(131)116-78(54-63(13)14)96(140)121-76(52-61(9)10)94(138)114-72(39-40-82(125)126)90(134)118-79(55-64(15)16)97(141)120-74(50-59(5)6)92(136)112-68(34-21-27-43-100)86(130)111-70(36-23-29-45-102)88(132)117-77(53-62(11)12)95(139)119-75(51-60(7)8)93(137)113-71(37-24-30-46-103)89(133)115-73(49-58(3)4)91(135)109-66(32-19-25-41-98)84(128)107-56-81(124)106-47-31-17-18-38-80(123)122-105/h57-79H,17-56,98-105H2,1-16H3,(H,106,124)(H,107,128)(H,108,127)(H,109,135)(H,110,129)(H,111,130)(H,112,136)(H,113,137)(H,114,138)(H,115,133)(H,116,131)(H,117,132)(H,118,134)(H,119,139)(H,120,141)(H,121,140)(H,122,123)(H,125,126)/t65-,66-,67-,68-,69-,70-,71-,72-,73-,74-,75-,76-,77-,78-,79-/m0/s1. The molecule has 0 aliphatic rings. The number of hydrogen-bond acceptors (Lipinski definition) is 26. The Labute approximate surface area is 837 Å². The Morgan fingerprint density at radius 1 is 0.213 bits per heavy atom. The van der Waals surface area contributed by atoms with Gasteiger partial charge in [0.15, 0.2) is 0 Å². The maximum absolute atomic E-state index is 15.0. The first-order valence-electron chi connectivity index (χ1n) is 51.5. The van der Waals surface area contributed by atoms with E-state index in [0.717, 1.165) is 0 Å². The van der Waals surface area contributed by atoms with Crippen molar-refractivity contribution in [3.63, 3.8) is 0 Å². The Kier molecular flexibility index (Phi) is 69.7. The van der Waals surface area contributed by atoms with E-state index in [1.807, 2.05) is 41.5 Å². The quantitative estimate of drug-likeness (QED) is 0.0163. The van der Waals surface area contributed by atoms with Gasteiger partial charge in [-0.15, -0.1) is 0 Å². The van der Waals surface area contributed by atoms with Gasteiger partial charge in [0.05, 0.1) is 12.6 Å². The average molecular weight is 2010 g/mol. The molecular weight excluding hydrogens is 1820 g/mol. The predicted octanol–water partition coefficient (Wildman–Crippen LogP) is -0.109. The van der Waals surface area contributed by atoms with Crippen LogP contribution >= 0.6 is 0 Å². The number of rotatable bonds is 80. The van der Waals surface area contributed by atoms with Gasteiger partial charge in [0.1, 0.15) is 84.6 Å². The molecule has 0 saturated carbocycles. The van der Waals surface area contributed by atoms with E-state index in [2.05, 4.69) is 90.5 Å². The van der Waals surface area contributed by atoms with Crippen LogP contribution in [0.25, 0.3) is 0 Å². The van der Waals surface area contributed by atoms with Crippen molar-refractivity contribution in [3.8, 4) is 0 Å². The van der Waals surface area contributed by atoms with Gasteiger partial charge < -0.3 is 130 Å². The lowest BCUT2D eigenvalue weighted by atomic mass is 9.98. The largest absolute Gasteiger partial charge is 0.481 e. The summed E-state index contributed by atoms with van der Waals surface area (Å²) in [4.78, 5) is 255. The van der Waals surface area contributed by atoms with Crippen LogP contribution < -0.4 is 136 Å². The van der Waals surface area contributed by atoms with Gasteiger partial charge >= 0.3 is 5.97 Å². The molecule has 0 rings (SSSR count). The molecule has 0 aliphatic carbocycles. The van der Waals surface area contributed by atoms with Crippen LogP contribution in [0.2, 0.25) is 0 Å². The summed E-state index contributed by atoms with van der Waals surface area (Å²) in [6.45, 7) is 30.3. The van der Waals surface area contributed by atoms with Crippen LogP contribution in [0.3, 0.4) is 0 Å². The van der Waals surface area contributed by atoms with E-state index in [1.165, 1.54) is 0 Å². The van der Waals surface area contributed by atoms with Gasteiger partial charge in [0.2, 0.25) is 100 Å². The Hall–Kier alpha value is -9.86. The number of hydrogen-bond donors (Lipinski definition) is 26. The Balaban J connectivity index is 7.44. The summed E-state index contributed by atoms with van der Waals surface area (Å²) in [6.07, 6.45) is 6.55. The van der Waals surface area contributed by atoms with Crippen molar-refractivity contribution >= 4 is 106 Å². The van der Waals surface area contributed by atoms with Gasteiger partial charge in [0.25, 0.3) is 0 Å². The minimum absolute atomic E-state index is 0.0144. The highest BCUT2D eigenvalue weighted by Crippen LogP contribution is 2.20. The van der Waals surface area contributed by atoms with E-state index in [-0.39, 0.29) is 182 Å². The van der Waals surface area contributed by atoms with Crippen LogP contribution in [0.1, 0.15) is 316 Å². The molecule has 0 fully saturated rings. The zero-order valence-electron chi connectivity index (χ0n) is 87.5. The molecule has 44 heteroatoms. The number of nitrogens with two attached hydrogens (primary N) is 8. The number of carboxylic acid groups (broad SMARTS) is 1. The second-order valence-electron chi connectivity index (χ2n) is 40.6. The van der Waals surface area contributed by atoms with E-state index < -0.39 is 210 Å². The predicted molar refractivity (Wildman–Crippen MR) is 542 cm³/mol. The third-order valence-corrected chi connectivity index (χ3v) is 23.2. The summed E-state index contributed by atoms with van der Waals surface area (Å²) in [5.41, 5.74) is 43.5. The highest BCUT2D eigenvalue weighted by Gasteiger charge is 2.40. The number of unbranched alkanes of at least 4 members (excludes halogenated alkanes) is 8. The fourth-order valence-corrected chi connectivity index (χ4v) is 15.7. The van der Waals surface area contributed by atoms with Crippen LogP contribution in [0.4, 0.5) is 0 Å². The maximum atomic E-state index is 15.0. The first-order chi connectivity index (χ1) is 66.5. The second-order valence-corrected chi connectivity index (χ2v) is 40.6. The van der Waals surface area contributed by atoms with Crippen molar-refractivity contribution in [2.24, 2.45) is 93.3 Å². The lowest BCUT2D eigenvalue weighted by Crippen LogP contribution is -2.61. The van der Waals surface area contributed by atoms with Crippen LogP contribution in [0, 0.1) is 47.3 Å². The third-order valence-electron chi connectivity index (χ3n) is 23.2. The van der Waals surface area contributed by atoms with Gasteiger partial charge in [-0.2, -0.15) is 0 Å². The second kappa shape index (κ2) is 75.0. The van der Waals surface area contributed by atoms with Crippen LogP contribution in [0.5, 0.6) is 0 Å². The van der Waals surface area contributed by atoms with Crippen molar-refractivity contribution in [1.82, 2.24) is 90.5 Å². The summed E-state index contributed by atoms with van der Waals surface area (Å²) in [6, 6.07) is -19.5. The van der Waals surface area contributed by atoms with Crippen LogP contribution in [0.15, 0.2) is 0 Å². The first-order valence-corrected chi connectivity index (χ1v) is 51.5.